The highest BCUT2D eigenvalue weighted by atomic mass is 16.1. The lowest BCUT2D eigenvalue weighted by atomic mass is 9.93. The van der Waals surface area contributed by atoms with E-state index in [9.17, 15) is 4.79 Å². The number of amides is 1. The third kappa shape index (κ3) is 2.42. The molecule has 1 aliphatic rings. The first-order valence-electron chi connectivity index (χ1n) is 6.29. The van der Waals surface area contributed by atoms with Gasteiger partial charge in [-0.15, -0.1) is 0 Å². The lowest BCUT2D eigenvalue weighted by molar-refractivity contribution is 0.0963. The van der Waals surface area contributed by atoms with Crippen LogP contribution in [-0.2, 0) is 0 Å². The van der Waals surface area contributed by atoms with Crippen molar-refractivity contribution in [2.45, 2.75) is 20.3 Å². The standard InChI is InChI=1S/C14H21N3O/c1-14(2)6-7-17(9-14)12-5-4-10(8-11(12)15)13(18)16-3/h4-5,8H,6-7,9,15H2,1-3H3,(H,16,18). The number of carbonyl (C=O) groups excluding carboxylic acids is 1. The number of hydrogen-bond acceptors (Lipinski definition) is 3. The van der Waals surface area contributed by atoms with Crippen LogP contribution >= 0.6 is 0 Å². The molecule has 4 nitrogen and oxygen atoms in total. The molecule has 0 bridgehead atoms. The second-order valence-corrected chi connectivity index (χ2v) is 5.69. The summed E-state index contributed by atoms with van der Waals surface area (Å²) in [5.41, 5.74) is 8.72. The smallest absolute Gasteiger partial charge is 0.251 e. The molecule has 0 aliphatic carbocycles. The Hall–Kier alpha value is -1.71. The van der Waals surface area contributed by atoms with Crippen LogP contribution in [0.3, 0.4) is 0 Å². The molecule has 0 atom stereocenters. The third-order valence-electron chi connectivity index (χ3n) is 3.53. The fourth-order valence-corrected chi connectivity index (χ4v) is 2.45. The van der Waals surface area contributed by atoms with Crippen molar-refractivity contribution in [3.63, 3.8) is 0 Å². The number of anilines is 2. The number of nitrogens with two attached hydrogens (primary N) is 1. The van der Waals surface area contributed by atoms with Crippen LogP contribution in [0.4, 0.5) is 11.4 Å². The number of benzene rings is 1. The minimum Gasteiger partial charge on any atom is -0.397 e. The van der Waals surface area contributed by atoms with Crippen molar-refractivity contribution < 1.29 is 4.79 Å². The maximum Gasteiger partial charge on any atom is 0.251 e. The van der Waals surface area contributed by atoms with Gasteiger partial charge in [0.15, 0.2) is 0 Å². The number of rotatable bonds is 2. The summed E-state index contributed by atoms with van der Waals surface area (Å²) < 4.78 is 0. The van der Waals surface area contributed by atoms with Crippen LogP contribution in [0.2, 0.25) is 0 Å². The summed E-state index contributed by atoms with van der Waals surface area (Å²) in [4.78, 5) is 13.8. The van der Waals surface area contributed by atoms with Crippen LogP contribution in [0.25, 0.3) is 0 Å². The number of nitrogens with zero attached hydrogens (tertiary/aromatic N) is 1. The van der Waals surface area contributed by atoms with Crippen LogP contribution in [0, 0.1) is 5.41 Å². The van der Waals surface area contributed by atoms with Gasteiger partial charge in [-0.3, -0.25) is 4.79 Å². The summed E-state index contributed by atoms with van der Waals surface area (Å²) in [7, 11) is 1.62. The van der Waals surface area contributed by atoms with Gasteiger partial charge in [0.25, 0.3) is 5.91 Å². The van der Waals surface area contributed by atoms with Gasteiger partial charge in [0.1, 0.15) is 0 Å². The molecular formula is C14H21N3O. The Labute approximate surface area is 108 Å². The first-order chi connectivity index (χ1) is 8.43. The van der Waals surface area contributed by atoms with Gasteiger partial charge in [0, 0.05) is 25.7 Å². The maximum absolute atomic E-state index is 11.5. The molecule has 1 fully saturated rings. The molecule has 0 spiro atoms. The molecule has 1 saturated heterocycles. The second-order valence-electron chi connectivity index (χ2n) is 5.69. The van der Waals surface area contributed by atoms with E-state index in [4.69, 9.17) is 5.73 Å². The maximum atomic E-state index is 11.5. The molecule has 3 N–H and O–H groups in total. The number of hydrogen-bond donors (Lipinski definition) is 2. The lowest BCUT2D eigenvalue weighted by Gasteiger charge is -2.23. The topological polar surface area (TPSA) is 58.4 Å². The van der Waals surface area contributed by atoms with Crippen LogP contribution in [0.1, 0.15) is 30.6 Å². The van der Waals surface area contributed by atoms with E-state index in [1.165, 1.54) is 6.42 Å². The number of nitrogen functional groups attached to an aromatic ring is 1. The average molecular weight is 247 g/mol. The zero-order valence-electron chi connectivity index (χ0n) is 11.3. The molecule has 1 aromatic rings. The van der Waals surface area contributed by atoms with E-state index in [-0.39, 0.29) is 5.91 Å². The summed E-state index contributed by atoms with van der Waals surface area (Å²) in [6.07, 6.45) is 1.17. The Bertz CT molecular complexity index is 468. The van der Waals surface area contributed by atoms with Crippen molar-refractivity contribution >= 4 is 17.3 Å². The molecular weight excluding hydrogens is 226 g/mol. The van der Waals surface area contributed by atoms with Crippen molar-refractivity contribution in [2.75, 3.05) is 30.8 Å². The Morgan fingerprint density at radius 2 is 2.17 bits per heavy atom. The van der Waals surface area contributed by atoms with Gasteiger partial charge < -0.3 is 16.0 Å². The average Bonchev–Trinajstić information content (AvgIpc) is 2.68. The van der Waals surface area contributed by atoms with Crippen molar-refractivity contribution in [1.29, 1.82) is 0 Å². The molecule has 0 unspecified atom stereocenters. The summed E-state index contributed by atoms with van der Waals surface area (Å²) >= 11 is 0. The molecule has 1 aliphatic heterocycles. The van der Waals surface area contributed by atoms with Crippen molar-refractivity contribution in [3.05, 3.63) is 23.8 Å². The molecule has 4 heteroatoms. The monoisotopic (exact) mass is 247 g/mol. The summed E-state index contributed by atoms with van der Waals surface area (Å²) in [5.74, 6) is -0.102. The summed E-state index contributed by atoms with van der Waals surface area (Å²) in [6, 6.07) is 5.52. The van der Waals surface area contributed by atoms with Gasteiger partial charge in [0.05, 0.1) is 11.4 Å². The predicted molar refractivity (Wildman–Crippen MR) is 74.9 cm³/mol. The van der Waals surface area contributed by atoms with Gasteiger partial charge in [-0.2, -0.15) is 0 Å². The molecule has 0 aromatic heterocycles. The molecule has 18 heavy (non-hydrogen) atoms. The highest BCUT2D eigenvalue weighted by Gasteiger charge is 2.30. The van der Waals surface area contributed by atoms with Crippen LogP contribution in [0.5, 0.6) is 0 Å². The predicted octanol–water partition coefficient (Wildman–Crippen LogP) is 1.86. The van der Waals surface area contributed by atoms with Crippen molar-refractivity contribution in [1.82, 2.24) is 5.32 Å². The molecule has 2 rings (SSSR count). The Morgan fingerprint density at radius 1 is 1.44 bits per heavy atom. The van der Waals surface area contributed by atoms with Gasteiger partial charge in [0.2, 0.25) is 0 Å². The van der Waals surface area contributed by atoms with Gasteiger partial charge >= 0.3 is 0 Å². The van der Waals surface area contributed by atoms with Crippen LogP contribution in [0.15, 0.2) is 18.2 Å². The van der Waals surface area contributed by atoms with E-state index in [2.05, 4.69) is 24.1 Å². The first kappa shape index (κ1) is 12.7. The SMILES string of the molecule is CNC(=O)c1ccc(N2CCC(C)(C)C2)c(N)c1. The molecule has 98 valence electrons. The quantitative estimate of drug-likeness (QED) is 0.784. The van der Waals surface area contributed by atoms with Crippen LogP contribution < -0.4 is 16.0 Å². The second kappa shape index (κ2) is 4.52. The van der Waals surface area contributed by atoms with Gasteiger partial charge in [-0.25, -0.2) is 0 Å². The Balaban J connectivity index is 2.23. The van der Waals surface area contributed by atoms with Crippen molar-refractivity contribution in [3.8, 4) is 0 Å². The molecule has 1 aromatic carbocycles. The largest absolute Gasteiger partial charge is 0.397 e. The van der Waals surface area contributed by atoms with E-state index >= 15 is 0 Å². The molecule has 1 heterocycles. The fraction of sp³-hybridized carbons (Fsp3) is 0.500. The molecule has 0 radical (unpaired) electrons. The zero-order chi connectivity index (χ0) is 13.3. The van der Waals surface area contributed by atoms with E-state index in [1.54, 1.807) is 13.1 Å². The zero-order valence-corrected chi connectivity index (χ0v) is 11.3. The van der Waals surface area contributed by atoms with E-state index in [1.807, 2.05) is 12.1 Å². The molecule has 1 amide bonds. The highest BCUT2D eigenvalue weighted by Crippen LogP contribution is 2.35. The Kier molecular flexibility index (Phi) is 3.20. The minimum absolute atomic E-state index is 0.102. The van der Waals surface area contributed by atoms with E-state index in [0.717, 1.165) is 18.8 Å². The Morgan fingerprint density at radius 3 is 2.67 bits per heavy atom. The normalized spacial score (nSPS) is 17.8. The van der Waals surface area contributed by atoms with Gasteiger partial charge in [-0.1, -0.05) is 13.8 Å². The minimum atomic E-state index is -0.102. The van der Waals surface area contributed by atoms with E-state index in [0.29, 0.717) is 16.7 Å². The summed E-state index contributed by atoms with van der Waals surface area (Å²) in [5, 5.41) is 2.60. The number of nitrogens with one attached hydrogen (secondary N) is 1. The lowest BCUT2D eigenvalue weighted by Crippen LogP contribution is -2.24. The van der Waals surface area contributed by atoms with Crippen LogP contribution in [-0.4, -0.2) is 26.0 Å². The van der Waals surface area contributed by atoms with Crippen molar-refractivity contribution in [2.24, 2.45) is 5.41 Å². The molecule has 0 saturated carbocycles. The summed E-state index contributed by atoms with van der Waals surface area (Å²) in [6.45, 7) is 6.57. The van der Waals surface area contributed by atoms with Gasteiger partial charge in [-0.05, 0) is 30.0 Å². The fourth-order valence-electron chi connectivity index (χ4n) is 2.45. The highest BCUT2D eigenvalue weighted by molar-refractivity contribution is 5.96. The first-order valence-corrected chi connectivity index (χ1v) is 6.29. The third-order valence-corrected chi connectivity index (χ3v) is 3.53. The van der Waals surface area contributed by atoms with E-state index < -0.39 is 0 Å². The number of carbonyl (C=O) groups is 1.